The summed E-state index contributed by atoms with van der Waals surface area (Å²) in [5.41, 5.74) is 1.22. The highest BCUT2D eigenvalue weighted by Crippen LogP contribution is 2.31. The lowest BCUT2D eigenvalue weighted by molar-refractivity contribution is 0.198. The Morgan fingerprint density at radius 2 is 1.90 bits per heavy atom. The van der Waals surface area contributed by atoms with E-state index >= 15 is 0 Å². The first-order valence-electron chi connectivity index (χ1n) is 6.34. The van der Waals surface area contributed by atoms with Gasteiger partial charge in [-0.25, -0.2) is 4.39 Å². The molecule has 0 aromatic heterocycles. The van der Waals surface area contributed by atoms with Gasteiger partial charge in [0, 0.05) is 5.56 Å². The average Bonchev–Trinajstić information content (AvgIpc) is 2.46. The third kappa shape index (κ3) is 3.27. The van der Waals surface area contributed by atoms with E-state index in [1.807, 2.05) is 0 Å². The van der Waals surface area contributed by atoms with Crippen LogP contribution < -0.4 is 9.47 Å². The normalized spacial score (nSPS) is 12.0. The zero-order valence-corrected chi connectivity index (χ0v) is 11.5. The van der Waals surface area contributed by atoms with Crippen LogP contribution in [0.4, 0.5) is 4.39 Å². The molecule has 0 heterocycles. The van der Waals surface area contributed by atoms with Crippen molar-refractivity contribution in [3.8, 4) is 11.5 Å². The molecule has 1 atom stereocenters. The SMILES string of the molecule is COc1cc(C(C)O)ccc1OCc1ccccc1F. The van der Waals surface area contributed by atoms with E-state index in [1.165, 1.54) is 13.2 Å². The van der Waals surface area contributed by atoms with E-state index in [0.717, 1.165) is 5.56 Å². The highest BCUT2D eigenvalue weighted by molar-refractivity contribution is 5.43. The molecule has 0 saturated carbocycles. The summed E-state index contributed by atoms with van der Waals surface area (Å²) in [7, 11) is 1.52. The average molecular weight is 276 g/mol. The summed E-state index contributed by atoms with van der Waals surface area (Å²) in [6.45, 7) is 1.80. The van der Waals surface area contributed by atoms with Gasteiger partial charge in [-0.05, 0) is 30.7 Å². The highest BCUT2D eigenvalue weighted by Gasteiger charge is 2.10. The zero-order valence-electron chi connectivity index (χ0n) is 11.5. The van der Waals surface area contributed by atoms with Crippen LogP contribution >= 0.6 is 0 Å². The number of aliphatic hydroxyl groups is 1. The lowest BCUT2D eigenvalue weighted by Gasteiger charge is -2.13. The predicted octanol–water partition coefficient (Wildman–Crippen LogP) is 3.47. The predicted molar refractivity (Wildman–Crippen MR) is 74.4 cm³/mol. The second kappa shape index (κ2) is 6.39. The maximum atomic E-state index is 13.5. The highest BCUT2D eigenvalue weighted by atomic mass is 19.1. The van der Waals surface area contributed by atoms with Gasteiger partial charge in [0.25, 0.3) is 0 Å². The third-order valence-corrected chi connectivity index (χ3v) is 3.01. The van der Waals surface area contributed by atoms with Crippen LogP contribution in [0, 0.1) is 5.82 Å². The minimum absolute atomic E-state index is 0.122. The standard InChI is InChI=1S/C16H17FO3/c1-11(18)12-7-8-15(16(9-12)19-2)20-10-13-5-3-4-6-14(13)17/h3-9,11,18H,10H2,1-2H3. The monoisotopic (exact) mass is 276 g/mol. The fourth-order valence-electron chi connectivity index (χ4n) is 1.83. The Balaban J connectivity index is 2.15. The van der Waals surface area contributed by atoms with Gasteiger partial charge in [0.2, 0.25) is 0 Å². The summed E-state index contributed by atoms with van der Waals surface area (Å²) in [5.74, 6) is 0.729. The quantitative estimate of drug-likeness (QED) is 0.908. The van der Waals surface area contributed by atoms with Crippen molar-refractivity contribution >= 4 is 0 Å². The van der Waals surface area contributed by atoms with E-state index in [1.54, 1.807) is 43.3 Å². The van der Waals surface area contributed by atoms with Crippen molar-refractivity contribution in [1.29, 1.82) is 0 Å². The van der Waals surface area contributed by atoms with Crippen molar-refractivity contribution in [2.24, 2.45) is 0 Å². The summed E-state index contributed by atoms with van der Waals surface area (Å²) >= 11 is 0. The molecule has 0 amide bonds. The summed E-state index contributed by atoms with van der Waals surface area (Å²) in [5, 5.41) is 9.53. The van der Waals surface area contributed by atoms with Gasteiger partial charge in [-0.1, -0.05) is 24.3 Å². The smallest absolute Gasteiger partial charge is 0.161 e. The van der Waals surface area contributed by atoms with E-state index in [9.17, 15) is 9.50 Å². The number of methoxy groups -OCH3 is 1. The number of halogens is 1. The zero-order chi connectivity index (χ0) is 14.5. The van der Waals surface area contributed by atoms with Crippen LogP contribution in [0.15, 0.2) is 42.5 Å². The van der Waals surface area contributed by atoms with Crippen LogP contribution in [0.25, 0.3) is 0 Å². The summed E-state index contributed by atoms with van der Waals surface area (Å²) in [6, 6.07) is 11.6. The van der Waals surface area contributed by atoms with Gasteiger partial charge in [0.05, 0.1) is 13.2 Å². The lowest BCUT2D eigenvalue weighted by Crippen LogP contribution is -2.01. The Hall–Kier alpha value is -2.07. The van der Waals surface area contributed by atoms with Gasteiger partial charge in [0.1, 0.15) is 12.4 Å². The number of hydrogen-bond donors (Lipinski definition) is 1. The van der Waals surface area contributed by atoms with Crippen molar-refractivity contribution in [2.75, 3.05) is 7.11 Å². The molecule has 20 heavy (non-hydrogen) atoms. The second-order valence-electron chi connectivity index (χ2n) is 4.47. The topological polar surface area (TPSA) is 38.7 Å². The van der Waals surface area contributed by atoms with Gasteiger partial charge >= 0.3 is 0 Å². The molecule has 0 spiro atoms. The van der Waals surface area contributed by atoms with Crippen molar-refractivity contribution in [1.82, 2.24) is 0 Å². The lowest BCUT2D eigenvalue weighted by atomic mass is 10.1. The summed E-state index contributed by atoms with van der Waals surface area (Å²) in [6.07, 6.45) is -0.579. The molecule has 0 saturated heterocycles. The van der Waals surface area contributed by atoms with Crippen LogP contribution in [0.3, 0.4) is 0 Å². The van der Waals surface area contributed by atoms with Gasteiger partial charge in [0.15, 0.2) is 11.5 Å². The molecule has 1 unspecified atom stereocenters. The van der Waals surface area contributed by atoms with Gasteiger partial charge in [-0.3, -0.25) is 0 Å². The van der Waals surface area contributed by atoms with E-state index in [2.05, 4.69) is 0 Å². The fourth-order valence-corrected chi connectivity index (χ4v) is 1.83. The van der Waals surface area contributed by atoms with Crippen molar-refractivity contribution in [2.45, 2.75) is 19.6 Å². The maximum absolute atomic E-state index is 13.5. The van der Waals surface area contributed by atoms with Crippen LogP contribution in [0.2, 0.25) is 0 Å². The molecule has 0 aliphatic heterocycles. The van der Waals surface area contributed by atoms with Crippen molar-refractivity contribution in [3.05, 3.63) is 59.4 Å². The van der Waals surface area contributed by atoms with E-state index in [-0.39, 0.29) is 12.4 Å². The fraction of sp³-hybridized carbons (Fsp3) is 0.250. The molecule has 106 valence electrons. The molecule has 2 aromatic rings. The van der Waals surface area contributed by atoms with E-state index in [0.29, 0.717) is 17.1 Å². The first kappa shape index (κ1) is 14.3. The maximum Gasteiger partial charge on any atom is 0.161 e. The molecule has 0 radical (unpaired) electrons. The minimum Gasteiger partial charge on any atom is -0.493 e. The molecular formula is C16H17FO3. The molecule has 2 aromatic carbocycles. The number of aliphatic hydroxyl groups excluding tert-OH is 1. The Morgan fingerprint density at radius 1 is 1.15 bits per heavy atom. The summed E-state index contributed by atoms with van der Waals surface area (Å²) < 4.78 is 24.3. The summed E-state index contributed by atoms with van der Waals surface area (Å²) in [4.78, 5) is 0. The molecule has 0 aliphatic carbocycles. The Kier molecular flexibility index (Phi) is 4.58. The Bertz CT molecular complexity index is 582. The van der Waals surface area contributed by atoms with Crippen LogP contribution in [0.1, 0.15) is 24.2 Å². The third-order valence-electron chi connectivity index (χ3n) is 3.01. The molecule has 3 nitrogen and oxygen atoms in total. The molecule has 0 bridgehead atoms. The number of ether oxygens (including phenoxy) is 2. The molecule has 0 fully saturated rings. The van der Waals surface area contributed by atoms with E-state index in [4.69, 9.17) is 9.47 Å². The van der Waals surface area contributed by atoms with Crippen molar-refractivity contribution in [3.63, 3.8) is 0 Å². The van der Waals surface area contributed by atoms with E-state index < -0.39 is 6.10 Å². The van der Waals surface area contributed by atoms with Crippen LogP contribution in [-0.2, 0) is 6.61 Å². The first-order valence-corrected chi connectivity index (χ1v) is 6.34. The Morgan fingerprint density at radius 3 is 2.55 bits per heavy atom. The largest absolute Gasteiger partial charge is 0.493 e. The molecule has 2 rings (SSSR count). The molecule has 4 heteroatoms. The van der Waals surface area contributed by atoms with Crippen LogP contribution in [0.5, 0.6) is 11.5 Å². The van der Waals surface area contributed by atoms with Gasteiger partial charge in [-0.15, -0.1) is 0 Å². The number of hydrogen-bond acceptors (Lipinski definition) is 3. The molecular weight excluding hydrogens is 259 g/mol. The minimum atomic E-state index is -0.579. The molecule has 0 aliphatic rings. The first-order chi connectivity index (χ1) is 9.61. The number of rotatable bonds is 5. The second-order valence-corrected chi connectivity index (χ2v) is 4.47. The number of benzene rings is 2. The Labute approximate surface area is 117 Å². The van der Waals surface area contributed by atoms with Gasteiger partial charge < -0.3 is 14.6 Å². The molecule has 1 N–H and O–H groups in total. The van der Waals surface area contributed by atoms with Crippen LogP contribution in [-0.4, -0.2) is 12.2 Å². The van der Waals surface area contributed by atoms with Crippen molar-refractivity contribution < 1.29 is 19.0 Å². The van der Waals surface area contributed by atoms with Gasteiger partial charge in [-0.2, -0.15) is 0 Å².